The molecule has 0 bridgehead atoms. The Kier molecular flexibility index (Phi) is 4.60. The van der Waals surface area contributed by atoms with Crippen molar-refractivity contribution in [3.05, 3.63) is 23.9 Å². The fourth-order valence-corrected chi connectivity index (χ4v) is 2.34. The van der Waals surface area contributed by atoms with Gasteiger partial charge in [0, 0.05) is 19.3 Å². The lowest BCUT2D eigenvalue weighted by Crippen LogP contribution is -2.50. The number of rotatable bonds is 4. The van der Waals surface area contributed by atoms with Gasteiger partial charge in [-0.3, -0.25) is 0 Å². The first-order valence-corrected chi connectivity index (χ1v) is 7.10. The largest absolute Gasteiger partial charge is 0.462 e. The molecule has 1 fully saturated rings. The Morgan fingerprint density at radius 3 is 3.05 bits per heavy atom. The Hall–Kier alpha value is -1.62. The van der Waals surface area contributed by atoms with Gasteiger partial charge in [-0.2, -0.15) is 0 Å². The molecule has 1 aliphatic heterocycles. The molecule has 110 valence electrons. The molecule has 5 heteroatoms. The summed E-state index contributed by atoms with van der Waals surface area (Å²) in [6.07, 6.45) is 2.63. The van der Waals surface area contributed by atoms with E-state index in [0.29, 0.717) is 24.6 Å². The molecule has 0 aliphatic carbocycles. The summed E-state index contributed by atoms with van der Waals surface area (Å²) >= 11 is 0. The maximum atomic E-state index is 12.0. The van der Waals surface area contributed by atoms with Gasteiger partial charge in [-0.15, -0.1) is 0 Å². The van der Waals surface area contributed by atoms with Crippen molar-refractivity contribution in [3.63, 3.8) is 0 Å². The van der Waals surface area contributed by atoms with Gasteiger partial charge in [-0.1, -0.05) is 6.92 Å². The van der Waals surface area contributed by atoms with Crippen LogP contribution in [0.2, 0.25) is 0 Å². The molecule has 2 heterocycles. The first kappa shape index (κ1) is 14.8. The van der Waals surface area contributed by atoms with Gasteiger partial charge in [0.2, 0.25) is 0 Å². The van der Waals surface area contributed by atoms with Gasteiger partial charge in [-0.25, -0.2) is 9.78 Å². The summed E-state index contributed by atoms with van der Waals surface area (Å²) in [5, 5.41) is 0. The summed E-state index contributed by atoms with van der Waals surface area (Å²) in [7, 11) is 0. The van der Waals surface area contributed by atoms with Crippen molar-refractivity contribution in [2.75, 3.05) is 31.2 Å². The fourth-order valence-electron chi connectivity index (χ4n) is 2.34. The Balaban J connectivity index is 2.26. The number of hydrogen-bond donors (Lipinski definition) is 0. The maximum Gasteiger partial charge on any atom is 0.341 e. The predicted octanol–water partition coefficient (Wildman–Crippen LogP) is 2.26. The molecule has 1 aliphatic rings. The number of pyridine rings is 1. The summed E-state index contributed by atoms with van der Waals surface area (Å²) < 4.78 is 10.9. The van der Waals surface area contributed by atoms with Crippen LogP contribution in [0.1, 0.15) is 37.6 Å². The van der Waals surface area contributed by atoms with Gasteiger partial charge in [0.15, 0.2) is 0 Å². The van der Waals surface area contributed by atoms with Crippen LogP contribution in [0.4, 0.5) is 5.82 Å². The van der Waals surface area contributed by atoms with Crippen LogP contribution >= 0.6 is 0 Å². The number of anilines is 1. The quantitative estimate of drug-likeness (QED) is 0.791. The minimum absolute atomic E-state index is 0.193. The van der Waals surface area contributed by atoms with E-state index in [1.54, 1.807) is 25.3 Å². The first-order valence-electron chi connectivity index (χ1n) is 7.10. The number of hydrogen-bond acceptors (Lipinski definition) is 5. The molecule has 20 heavy (non-hydrogen) atoms. The van der Waals surface area contributed by atoms with Gasteiger partial charge in [-0.05, 0) is 32.4 Å². The third-order valence-corrected chi connectivity index (χ3v) is 3.67. The summed E-state index contributed by atoms with van der Waals surface area (Å²) in [6, 6.07) is 3.52. The topological polar surface area (TPSA) is 51.7 Å². The Bertz CT molecular complexity index is 478. The van der Waals surface area contributed by atoms with E-state index in [1.165, 1.54) is 0 Å². The van der Waals surface area contributed by atoms with Gasteiger partial charge in [0.05, 0.1) is 18.8 Å². The van der Waals surface area contributed by atoms with E-state index in [1.807, 2.05) is 0 Å². The van der Waals surface area contributed by atoms with Crippen molar-refractivity contribution >= 4 is 11.8 Å². The van der Waals surface area contributed by atoms with Crippen LogP contribution in [0.5, 0.6) is 0 Å². The summed E-state index contributed by atoms with van der Waals surface area (Å²) in [4.78, 5) is 18.5. The van der Waals surface area contributed by atoms with Crippen LogP contribution < -0.4 is 4.90 Å². The smallest absolute Gasteiger partial charge is 0.341 e. The molecule has 5 nitrogen and oxygen atoms in total. The van der Waals surface area contributed by atoms with E-state index < -0.39 is 0 Å². The maximum absolute atomic E-state index is 12.0. The number of morpholine rings is 1. The molecule has 1 aromatic rings. The zero-order valence-corrected chi connectivity index (χ0v) is 12.4. The van der Waals surface area contributed by atoms with Crippen molar-refractivity contribution in [3.8, 4) is 0 Å². The molecule has 1 atom stereocenters. The molecule has 1 saturated heterocycles. The SMILES string of the molecule is CCOC(=O)c1cccnc1N1CCOC(C)(CC)C1. The zero-order valence-electron chi connectivity index (χ0n) is 12.4. The second kappa shape index (κ2) is 6.22. The minimum Gasteiger partial charge on any atom is -0.462 e. The Morgan fingerprint density at radius 2 is 2.35 bits per heavy atom. The second-order valence-corrected chi connectivity index (χ2v) is 5.17. The molecule has 2 rings (SSSR count). The van der Waals surface area contributed by atoms with Gasteiger partial charge in [0.1, 0.15) is 11.4 Å². The van der Waals surface area contributed by atoms with Crippen LogP contribution in [0.25, 0.3) is 0 Å². The van der Waals surface area contributed by atoms with E-state index in [0.717, 1.165) is 19.5 Å². The number of aromatic nitrogens is 1. The molecular weight excluding hydrogens is 256 g/mol. The van der Waals surface area contributed by atoms with Crippen molar-refractivity contribution < 1.29 is 14.3 Å². The minimum atomic E-state index is -0.319. The molecule has 1 aromatic heterocycles. The van der Waals surface area contributed by atoms with Crippen molar-refractivity contribution in [2.45, 2.75) is 32.8 Å². The molecule has 0 aromatic carbocycles. The third-order valence-electron chi connectivity index (χ3n) is 3.67. The Labute approximate surface area is 119 Å². The normalized spacial score (nSPS) is 22.6. The highest BCUT2D eigenvalue weighted by Crippen LogP contribution is 2.26. The molecule has 1 unspecified atom stereocenters. The summed E-state index contributed by atoms with van der Waals surface area (Å²) in [5.74, 6) is 0.370. The van der Waals surface area contributed by atoms with E-state index in [9.17, 15) is 4.79 Å². The van der Waals surface area contributed by atoms with E-state index in [4.69, 9.17) is 9.47 Å². The molecule has 0 saturated carbocycles. The van der Waals surface area contributed by atoms with Crippen molar-refractivity contribution in [2.24, 2.45) is 0 Å². The highest BCUT2D eigenvalue weighted by Gasteiger charge is 2.32. The van der Waals surface area contributed by atoms with Crippen molar-refractivity contribution in [1.29, 1.82) is 0 Å². The van der Waals surface area contributed by atoms with Crippen LogP contribution in [-0.2, 0) is 9.47 Å². The molecular formula is C15H22N2O3. The number of esters is 1. The van der Waals surface area contributed by atoms with Crippen LogP contribution in [0.15, 0.2) is 18.3 Å². The van der Waals surface area contributed by atoms with Gasteiger partial charge in [0.25, 0.3) is 0 Å². The highest BCUT2D eigenvalue weighted by molar-refractivity contribution is 5.94. The van der Waals surface area contributed by atoms with E-state index in [-0.39, 0.29) is 11.6 Å². The summed E-state index contributed by atoms with van der Waals surface area (Å²) in [6.45, 7) is 8.47. The van der Waals surface area contributed by atoms with Crippen LogP contribution in [0.3, 0.4) is 0 Å². The van der Waals surface area contributed by atoms with Crippen LogP contribution in [0, 0.1) is 0 Å². The number of carbonyl (C=O) groups excluding carboxylic acids is 1. The average molecular weight is 278 g/mol. The van der Waals surface area contributed by atoms with Gasteiger partial charge >= 0.3 is 5.97 Å². The molecule has 0 radical (unpaired) electrons. The standard InChI is InChI=1S/C15H22N2O3/c1-4-15(3)11-17(9-10-20-15)13-12(7-6-8-16-13)14(18)19-5-2/h6-8H,4-5,9-11H2,1-3H3. The van der Waals surface area contributed by atoms with E-state index in [2.05, 4.69) is 23.7 Å². The van der Waals surface area contributed by atoms with Gasteiger partial charge < -0.3 is 14.4 Å². The second-order valence-electron chi connectivity index (χ2n) is 5.17. The summed E-state index contributed by atoms with van der Waals surface area (Å²) in [5.41, 5.74) is 0.330. The predicted molar refractivity (Wildman–Crippen MR) is 77.1 cm³/mol. The molecule has 0 amide bonds. The zero-order chi connectivity index (χ0) is 14.6. The monoisotopic (exact) mass is 278 g/mol. The lowest BCUT2D eigenvalue weighted by atomic mass is 10.0. The third kappa shape index (κ3) is 3.10. The Morgan fingerprint density at radius 1 is 1.55 bits per heavy atom. The van der Waals surface area contributed by atoms with Crippen molar-refractivity contribution in [1.82, 2.24) is 4.98 Å². The molecule has 0 spiro atoms. The van der Waals surface area contributed by atoms with E-state index >= 15 is 0 Å². The lowest BCUT2D eigenvalue weighted by Gasteiger charge is -2.41. The average Bonchev–Trinajstić information content (AvgIpc) is 2.47. The number of nitrogens with zero attached hydrogens (tertiary/aromatic N) is 2. The van der Waals surface area contributed by atoms with Crippen LogP contribution in [-0.4, -0.2) is 42.9 Å². The fraction of sp³-hybridized carbons (Fsp3) is 0.600. The number of ether oxygens (including phenoxy) is 2. The lowest BCUT2D eigenvalue weighted by molar-refractivity contribution is -0.0443. The number of carbonyl (C=O) groups is 1. The molecule has 0 N–H and O–H groups in total. The highest BCUT2D eigenvalue weighted by atomic mass is 16.5. The first-order chi connectivity index (χ1) is 9.59.